The summed E-state index contributed by atoms with van der Waals surface area (Å²) in [5, 5.41) is 3.42. The Balaban J connectivity index is 1.98. The molecule has 82 valence electrons. The molecule has 3 heteroatoms. The topological polar surface area (TPSA) is 50.9 Å². The lowest BCUT2D eigenvalue weighted by Crippen LogP contribution is -2.42. The standard InChI is InChI=1S/C12H19N3/c1-9-6-7-12(14-8-9)15-11-5-3-2-4-10(11)13/h6-8,10-11H,2-5,13H2,1H3,(H,14,15)/t10-,11-/m0/s1. The first-order valence-corrected chi connectivity index (χ1v) is 5.70. The van der Waals surface area contributed by atoms with Gasteiger partial charge in [0.05, 0.1) is 0 Å². The maximum absolute atomic E-state index is 6.07. The summed E-state index contributed by atoms with van der Waals surface area (Å²) in [6.07, 6.45) is 6.72. The molecule has 1 saturated carbocycles. The highest BCUT2D eigenvalue weighted by Gasteiger charge is 2.21. The molecule has 15 heavy (non-hydrogen) atoms. The Hall–Kier alpha value is -1.09. The molecular formula is C12H19N3. The number of aromatic nitrogens is 1. The number of nitrogens with two attached hydrogens (primary N) is 1. The third-order valence-corrected chi connectivity index (χ3v) is 3.06. The summed E-state index contributed by atoms with van der Waals surface area (Å²) in [6.45, 7) is 2.04. The molecule has 1 aliphatic carbocycles. The number of pyridine rings is 1. The van der Waals surface area contributed by atoms with E-state index in [4.69, 9.17) is 5.73 Å². The third kappa shape index (κ3) is 2.69. The van der Waals surface area contributed by atoms with Crippen molar-refractivity contribution < 1.29 is 0 Å². The van der Waals surface area contributed by atoms with Gasteiger partial charge in [0, 0.05) is 18.3 Å². The summed E-state index contributed by atoms with van der Waals surface area (Å²) in [5.74, 6) is 0.947. The second kappa shape index (κ2) is 4.62. The zero-order chi connectivity index (χ0) is 10.7. The highest BCUT2D eigenvalue weighted by Crippen LogP contribution is 2.20. The van der Waals surface area contributed by atoms with Crippen molar-refractivity contribution in [1.29, 1.82) is 0 Å². The molecule has 0 saturated heterocycles. The van der Waals surface area contributed by atoms with Crippen molar-refractivity contribution in [2.24, 2.45) is 5.73 Å². The summed E-state index contributed by atoms with van der Waals surface area (Å²) < 4.78 is 0. The summed E-state index contributed by atoms with van der Waals surface area (Å²) in [7, 11) is 0. The number of rotatable bonds is 2. The molecule has 0 bridgehead atoms. The van der Waals surface area contributed by atoms with Gasteiger partial charge in [-0.1, -0.05) is 18.9 Å². The van der Waals surface area contributed by atoms with Crippen LogP contribution in [-0.4, -0.2) is 17.1 Å². The average molecular weight is 205 g/mol. The van der Waals surface area contributed by atoms with Gasteiger partial charge in [0.25, 0.3) is 0 Å². The van der Waals surface area contributed by atoms with Gasteiger partial charge >= 0.3 is 0 Å². The quantitative estimate of drug-likeness (QED) is 0.777. The first-order chi connectivity index (χ1) is 7.25. The summed E-state index contributed by atoms with van der Waals surface area (Å²) >= 11 is 0. The Morgan fingerprint density at radius 2 is 2.13 bits per heavy atom. The molecule has 1 aliphatic rings. The number of anilines is 1. The predicted octanol–water partition coefficient (Wildman–Crippen LogP) is 2.07. The number of hydrogen-bond donors (Lipinski definition) is 2. The maximum Gasteiger partial charge on any atom is 0.126 e. The van der Waals surface area contributed by atoms with Crippen LogP contribution in [0.15, 0.2) is 18.3 Å². The molecule has 0 aliphatic heterocycles. The second-order valence-corrected chi connectivity index (χ2v) is 4.42. The van der Waals surface area contributed by atoms with Gasteiger partial charge in [-0.2, -0.15) is 0 Å². The van der Waals surface area contributed by atoms with Gasteiger partial charge in [0.2, 0.25) is 0 Å². The Kier molecular flexibility index (Phi) is 3.21. The van der Waals surface area contributed by atoms with E-state index < -0.39 is 0 Å². The fourth-order valence-electron chi connectivity index (χ4n) is 2.08. The third-order valence-electron chi connectivity index (χ3n) is 3.06. The lowest BCUT2D eigenvalue weighted by atomic mass is 9.91. The van der Waals surface area contributed by atoms with Gasteiger partial charge < -0.3 is 11.1 Å². The lowest BCUT2D eigenvalue weighted by Gasteiger charge is -2.29. The van der Waals surface area contributed by atoms with Crippen molar-refractivity contribution >= 4 is 5.82 Å². The van der Waals surface area contributed by atoms with Crippen molar-refractivity contribution in [1.82, 2.24) is 4.98 Å². The Morgan fingerprint density at radius 1 is 1.33 bits per heavy atom. The Morgan fingerprint density at radius 3 is 2.80 bits per heavy atom. The number of aryl methyl sites for hydroxylation is 1. The van der Waals surface area contributed by atoms with Crippen LogP contribution >= 0.6 is 0 Å². The van der Waals surface area contributed by atoms with Crippen LogP contribution in [0.1, 0.15) is 31.2 Å². The van der Waals surface area contributed by atoms with Gasteiger partial charge in [0.1, 0.15) is 5.82 Å². The van der Waals surface area contributed by atoms with Gasteiger partial charge in [-0.3, -0.25) is 0 Å². The van der Waals surface area contributed by atoms with Crippen LogP contribution in [0, 0.1) is 6.92 Å². The van der Waals surface area contributed by atoms with Crippen LogP contribution in [-0.2, 0) is 0 Å². The molecule has 1 heterocycles. The van der Waals surface area contributed by atoms with E-state index in [-0.39, 0.29) is 6.04 Å². The largest absolute Gasteiger partial charge is 0.366 e. The number of nitrogens with zero attached hydrogens (tertiary/aromatic N) is 1. The predicted molar refractivity (Wildman–Crippen MR) is 62.8 cm³/mol. The van der Waals surface area contributed by atoms with Crippen LogP contribution in [0.3, 0.4) is 0 Å². The molecule has 0 spiro atoms. The maximum atomic E-state index is 6.07. The van der Waals surface area contributed by atoms with E-state index in [0.29, 0.717) is 6.04 Å². The average Bonchev–Trinajstić information content (AvgIpc) is 2.25. The van der Waals surface area contributed by atoms with Crippen LogP contribution < -0.4 is 11.1 Å². The molecule has 2 atom stereocenters. The molecule has 0 radical (unpaired) electrons. The summed E-state index contributed by atoms with van der Waals surface area (Å²) in [6, 6.07) is 4.77. The van der Waals surface area contributed by atoms with E-state index in [0.717, 1.165) is 18.7 Å². The minimum atomic E-state index is 0.279. The van der Waals surface area contributed by atoms with E-state index in [1.807, 2.05) is 19.2 Å². The molecule has 3 N–H and O–H groups in total. The van der Waals surface area contributed by atoms with Crippen molar-refractivity contribution in [3.63, 3.8) is 0 Å². The van der Waals surface area contributed by atoms with Crippen molar-refractivity contribution in [2.45, 2.75) is 44.7 Å². The molecular weight excluding hydrogens is 186 g/mol. The number of nitrogens with one attached hydrogen (secondary N) is 1. The van der Waals surface area contributed by atoms with Crippen molar-refractivity contribution in [3.05, 3.63) is 23.9 Å². The molecule has 1 aromatic heterocycles. The van der Waals surface area contributed by atoms with Crippen molar-refractivity contribution in [3.8, 4) is 0 Å². The zero-order valence-corrected chi connectivity index (χ0v) is 9.24. The number of hydrogen-bond acceptors (Lipinski definition) is 3. The minimum absolute atomic E-state index is 0.279. The van der Waals surface area contributed by atoms with E-state index in [9.17, 15) is 0 Å². The molecule has 0 aromatic carbocycles. The van der Waals surface area contributed by atoms with Gasteiger partial charge in [-0.05, 0) is 31.4 Å². The van der Waals surface area contributed by atoms with Crippen LogP contribution in [0.2, 0.25) is 0 Å². The van der Waals surface area contributed by atoms with E-state index in [1.165, 1.54) is 18.4 Å². The first-order valence-electron chi connectivity index (χ1n) is 5.70. The molecule has 3 nitrogen and oxygen atoms in total. The van der Waals surface area contributed by atoms with E-state index >= 15 is 0 Å². The highest BCUT2D eigenvalue weighted by molar-refractivity contribution is 5.36. The molecule has 2 rings (SSSR count). The van der Waals surface area contributed by atoms with Gasteiger partial charge in [-0.15, -0.1) is 0 Å². The van der Waals surface area contributed by atoms with Gasteiger partial charge in [0.15, 0.2) is 0 Å². The SMILES string of the molecule is Cc1ccc(N[C@H]2CCCC[C@@H]2N)nc1. The Labute approximate surface area is 91.1 Å². The summed E-state index contributed by atoms with van der Waals surface area (Å²) in [5.41, 5.74) is 7.25. The van der Waals surface area contributed by atoms with Crippen molar-refractivity contribution in [2.75, 3.05) is 5.32 Å². The smallest absolute Gasteiger partial charge is 0.126 e. The van der Waals surface area contributed by atoms with E-state index in [2.05, 4.69) is 16.4 Å². The van der Waals surface area contributed by atoms with Crippen LogP contribution in [0.4, 0.5) is 5.82 Å². The zero-order valence-electron chi connectivity index (χ0n) is 9.24. The van der Waals surface area contributed by atoms with E-state index in [1.54, 1.807) is 0 Å². The molecule has 1 aromatic rings. The highest BCUT2D eigenvalue weighted by atomic mass is 15.0. The minimum Gasteiger partial charge on any atom is -0.366 e. The first kappa shape index (κ1) is 10.4. The van der Waals surface area contributed by atoms with Crippen LogP contribution in [0.25, 0.3) is 0 Å². The fourth-order valence-corrected chi connectivity index (χ4v) is 2.08. The molecule has 0 unspecified atom stereocenters. The molecule has 1 fully saturated rings. The second-order valence-electron chi connectivity index (χ2n) is 4.42. The fraction of sp³-hybridized carbons (Fsp3) is 0.583. The normalized spacial score (nSPS) is 26.3. The Bertz CT molecular complexity index is 307. The van der Waals surface area contributed by atoms with Crippen LogP contribution in [0.5, 0.6) is 0 Å². The lowest BCUT2D eigenvalue weighted by molar-refractivity contribution is 0.403. The van der Waals surface area contributed by atoms with Gasteiger partial charge in [-0.25, -0.2) is 4.98 Å². The monoisotopic (exact) mass is 205 g/mol. The molecule has 0 amide bonds. The summed E-state index contributed by atoms with van der Waals surface area (Å²) in [4.78, 5) is 4.34.